The third-order valence-electron chi connectivity index (χ3n) is 3.11. The Labute approximate surface area is 123 Å². The van der Waals surface area contributed by atoms with Crippen molar-refractivity contribution in [2.45, 2.75) is 12.8 Å². The molecular formula is C12H18Cl2N2OS. The van der Waals surface area contributed by atoms with Crippen molar-refractivity contribution in [2.75, 3.05) is 26.7 Å². The van der Waals surface area contributed by atoms with Crippen molar-refractivity contribution in [1.29, 1.82) is 0 Å². The van der Waals surface area contributed by atoms with E-state index in [-0.39, 0.29) is 18.3 Å². The number of piperidine rings is 1. The average Bonchev–Trinajstić information content (AvgIpc) is 2.75. The number of carbonyl (C=O) groups excluding carboxylic acids is 1. The normalized spacial score (nSPS) is 19.4. The van der Waals surface area contributed by atoms with E-state index in [9.17, 15) is 4.79 Å². The first-order valence-corrected chi connectivity index (χ1v) is 7.15. The van der Waals surface area contributed by atoms with Crippen LogP contribution in [0.1, 0.15) is 22.5 Å². The second-order valence-corrected chi connectivity index (χ2v) is 5.74. The van der Waals surface area contributed by atoms with Gasteiger partial charge in [0.15, 0.2) is 0 Å². The van der Waals surface area contributed by atoms with E-state index in [1.165, 1.54) is 17.8 Å². The second kappa shape index (κ2) is 7.34. The highest BCUT2D eigenvalue weighted by molar-refractivity contribution is 7.12. The van der Waals surface area contributed by atoms with Gasteiger partial charge in [-0.3, -0.25) is 4.79 Å². The van der Waals surface area contributed by atoms with Crippen LogP contribution in [0.5, 0.6) is 0 Å². The molecule has 1 aliphatic heterocycles. The molecule has 0 aromatic carbocycles. The number of nitrogens with zero attached hydrogens (tertiary/aromatic N) is 1. The lowest BCUT2D eigenvalue weighted by Crippen LogP contribution is -2.42. The maximum Gasteiger partial charge on any atom is 0.265 e. The van der Waals surface area contributed by atoms with E-state index in [4.69, 9.17) is 11.6 Å². The molecule has 6 heteroatoms. The number of likely N-dealkylation sites (tertiary alicyclic amines) is 1. The predicted octanol–water partition coefficient (Wildman–Crippen LogP) is 2.89. The van der Waals surface area contributed by atoms with Crippen molar-refractivity contribution >= 4 is 41.3 Å². The topological polar surface area (TPSA) is 32.3 Å². The van der Waals surface area contributed by atoms with E-state index < -0.39 is 0 Å². The van der Waals surface area contributed by atoms with Gasteiger partial charge in [-0.25, -0.2) is 0 Å². The summed E-state index contributed by atoms with van der Waals surface area (Å²) in [6, 6.07) is 1.79. The van der Waals surface area contributed by atoms with Crippen molar-refractivity contribution < 1.29 is 4.79 Å². The fourth-order valence-electron chi connectivity index (χ4n) is 2.29. The van der Waals surface area contributed by atoms with Gasteiger partial charge < -0.3 is 10.2 Å². The van der Waals surface area contributed by atoms with Crippen LogP contribution in [0.2, 0.25) is 5.02 Å². The second-order valence-electron chi connectivity index (χ2n) is 4.41. The Balaban J connectivity index is 0.00000162. The minimum absolute atomic E-state index is 0. The zero-order valence-electron chi connectivity index (χ0n) is 10.3. The van der Waals surface area contributed by atoms with E-state index in [1.54, 1.807) is 6.07 Å². The van der Waals surface area contributed by atoms with Gasteiger partial charge in [0.05, 0.1) is 5.02 Å². The molecule has 0 aliphatic carbocycles. The summed E-state index contributed by atoms with van der Waals surface area (Å²) in [5, 5.41) is 5.63. The van der Waals surface area contributed by atoms with Crippen molar-refractivity contribution in [3.63, 3.8) is 0 Å². The zero-order valence-corrected chi connectivity index (χ0v) is 12.7. The summed E-state index contributed by atoms with van der Waals surface area (Å²) in [4.78, 5) is 14.9. The quantitative estimate of drug-likeness (QED) is 0.931. The summed E-state index contributed by atoms with van der Waals surface area (Å²) >= 11 is 7.43. The van der Waals surface area contributed by atoms with Gasteiger partial charge in [0.25, 0.3) is 5.91 Å². The van der Waals surface area contributed by atoms with Gasteiger partial charge in [-0.15, -0.1) is 23.7 Å². The Hall–Kier alpha value is -0.290. The van der Waals surface area contributed by atoms with Gasteiger partial charge in [-0.05, 0) is 43.8 Å². The zero-order chi connectivity index (χ0) is 12.3. The van der Waals surface area contributed by atoms with Crippen LogP contribution in [0.25, 0.3) is 0 Å². The summed E-state index contributed by atoms with van der Waals surface area (Å²) in [5.41, 5.74) is 0. The van der Waals surface area contributed by atoms with E-state index in [0.29, 0.717) is 15.8 Å². The van der Waals surface area contributed by atoms with Gasteiger partial charge in [0.1, 0.15) is 4.88 Å². The average molecular weight is 309 g/mol. The molecular weight excluding hydrogens is 291 g/mol. The minimum atomic E-state index is 0. The van der Waals surface area contributed by atoms with Crippen LogP contribution in [0, 0.1) is 5.92 Å². The predicted molar refractivity (Wildman–Crippen MR) is 79.1 cm³/mol. The standard InChI is InChI=1S/C12H17ClN2OS.ClH/c1-14-7-9-3-2-5-15(8-9)12(16)11-10(13)4-6-17-11;/h4,6,9,14H,2-3,5,7-8H2,1H3;1H. The van der Waals surface area contributed by atoms with Crippen LogP contribution >= 0.6 is 35.3 Å². The Kier molecular flexibility index (Phi) is 6.43. The Morgan fingerprint density at radius 3 is 3.06 bits per heavy atom. The third kappa shape index (κ3) is 3.60. The molecule has 3 nitrogen and oxygen atoms in total. The molecule has 1 aromatic rings. The molecule has 1 unspecified atom stereocenters. The van der Waals surface area contributed by atoms with E-state index in [2.05, 4.69) is 5.32 Å². The van der Waals surface area contributed by atoms with Crippen LogP contribution in [-0.2, 0) is 0 Å². The largest absolute Gasteiger partial charge is 0.338 e. The molecule has 1 aliphatic rings. The van der Waals surface area contributed by atoms with E-state index in [1.807, 2.05) is 17.3 Å². The summed E-state index contributed by atoms with van der Waals surface area (Å²) in [6.45, 7) is 2.67. The highest BCUT2D eigenvalue weighted by Gasteiger charge is 2.25. The Morgan fingerprint density at radius 1 is 1.67 bits per heavy atom. The van der Waals surface area contributed by atoms with Crippen molar-refractivity contribution in [1.82, 2.24) is 10.2 Å². The first-order chi connectivity index (χ1) is 8.22. The fourth-order valence-corrected chi connectivity index (χ4v) is 3.40. The Bertz CT molecular complexity index is 395. The lowest BCUT2D eigenvalue weighted by atomic mass is 9.98. The van der Waals surface area contributed by atoms with Crippen molar-refractivity contribution in [3.05, 3.63) is 21.3 Å². The molecule has 1 aromatic heterocycles. The molecule has 0 radical (unpaired) electrons. The molecule has 1 amide bonds. The van der Waals surface area contributed by atoms with Crippen LogP contribution < -0.4 is 5.32 Å². The highest BCUT2D eigenvalue weighted by atomic mass is 35.5. The molecule has 2 rings (SSSR count). The van der Waals surface area contributed by atoms with Gasteiger partial charge in [-0.2, -0.15) is 0 Å². The summed E-state index contributed by atoms with van der Waals surface area (Å²) in [7, 11) is 1.96. The molecule has 0 bridgehead atoms. The molecule has 0 spiro atoms. The van der Waals surface area contributed by atoms with Gasteiger partial charge >= 0.3 is 0 Å². The number of carbonyl (C=O) groups is 1. The smallest absolute Gasteiger partial charge is 0.265 e. The molecule has 1 saturated heterocycles. The maximum atomic E-state index is 12.3. The number of nitrogens with one attached hydrogen (secondary N) is 1. The number of thiophene rings is 1. The van der Waals surface area contributed by atoms with Crippen LogP contribution in [-0.4, -0.2) is 37.5 Å². The van der Waals surface area contributed by atoms with Crippen molar-refractivity contribution in [3.8, 4) is 0 Å². The van der Waals surface area contributed by atoms with Gasteiger partial charge in [0.2, 0.25) is 0 Å². The van der Waals surface area contributed by atoms with Crippen molar-refractivity contribution in [2.24, 2.45) is 5.92 Å². The molecule has 2 heterocycles. The van der Waals surface area contributed by atoms with Crippen LogP contribution in [0.4, 0.5) is 0 Å². The number of hydrogen-bond acceptors (Lipinski definition) is 3. The minimum Gasteiger partial charge on any atom is -0.338 e. The first-order valence-electron chi connectivity index (χ1n) is 5.89. The van der Waals surface area contributed by atoms with Gasteiger partial charge in [-0.1, -0.05) is 11.6 Å². The highest BCUT2D eigenvalue weighted by Crippen LogP contribution is 2.26. The first kappa shape index (κ1) is 15.8. The van der Waals surface area contributed by atoms with Crippen LogP contribution in [0.15, 0.2) is 11.4 Å². The summed E-state index contributed by atoms with van der Waals surface area (Å²) < 4.78 is 0. The number of amides is 1. The SMILES string of the molecule is CNCC1CCCN(C(=O)c2sccc2Cl)C1.Cl. The number of rotatable bonds is 3. The lowest BCUT2D eigenvalue weighted by molar-refractivity contribution is 0.0679. The molecule has 102 valence electrons. The lowest BCUT2D eigenvalue weighted by Gasteiger charge is -2.32. The molecule has 1 N–H and O–H groups in total. The molecule has 18 heavy (non-hydrogen) atoms. The summed E-state index contributed by atoms with van der Waals surface area (Å²) in [5.74, 6) is 0.655. The molecule has 1 atom stereocenters. The monoisotopic (exact) mass is 308 g/mol. The van der Waals surface area contributed by atoms with E-state index in [0.717, 1.165) is 26.1 Å². The van der Waals surface area contributed by atoms with Crippen LogP contribution in [0.3, 0.4) is 0 Å². The maximum absolute atomic E-state index is 12.3. The van der Waals surface area contributed by atoms with Gasteiger partial charge in [0, 0.05) is 13.1 Å². The fraction of sp³-hybridized carbons (Fsp3) is 0.583. The summed E-state index contributed by atoms with van der Waals surface area (Å²) in [6.07, 6.45) is 2.28. The third-order valence-corrected chi connectivity index (χ3v) is 4.44. The van der Waals surface area contributed by atoms with E-state index >= 15 is 0 Å². The molecule has 0 saturated carbocycles. The Morgan fingerprint density at radius 2 is 2.44 bits per heavy atom. The number of halogens is 2. The number of hydrogen-bond donors (Lipinski definition) is 1. The molecule has 1 fully saturated rings.